The van der Waals surface area contributed by atoms with E-state index in [9.17, 15) is 19.2 Å². The topological polar surface area (TPSA) is 92.8 Å². The Morgan fingerprint density at radius 3 is 2.39 bits per heavy atom. The van der Waals surface area contributed by atoms with Crippen LogP contribution in [0.2, 0.25) is 0 Å². The van der Waals surface area contributed by atoms with Gasteiger partial charge in [0.2, 0.25) is 5.91 Å². The van der Waals surface area contributed by atoms with E-state index in [1.54, 1.807) is 54.6 Å². The third-order valence-corrected chi connectivity index (χ3v) is 4.45. The Morgan fingerprint density at radius 2 is 1.71 bits per heavy atom. The zero-order chi connectivity index (χ0) is 20.1. The van der Waals surface area contributed by atoms with Gasteiger partial charge < -0.3 is 4.74 Å². The van der Waals surface area contributed by atoms with Gasteiger partial charge in [-0.1, -0.05) is 48.0 Å². The molecule has 1 aliphatic heterocycles. The lowest BCUT2D eigenvalue weighted by Crippen LogP contribution is -2.43. The molecule has 2 amide bonds. The van der Waals surface area contributed by atoms with Gasteiger partial charge in [0.15, 0.2) is 12.4 Å². The van der Waals surface area contributed by atoms with Gasteiger partial charge in [0, 0.05) is 17.5 Å². The number of amides is 2. The van der Waals surface area contributed by atoms with Gasteiger partial charge in [-0.05, 0) is 19.1 Å². The number of nitrogens with one attached hydrogen (secondary N) is 1. The summed E-state index contributed by atoms with van der Waals surface area (Å²) < 4.78 is 5.08. The number of rotatable bonds is 6. The number of Topliss-reactive ketones (excluding diaryl/α,β-unsaturated/α-hetero) is 1. The number of aryl methyl sites for hydroxylation is 1. The van der Waals surface area contributed by atoms with E-state index >= 15 is 0 Å². The predicted molar refractivity (Wildman–Crippen MR) is 100 cm³/mol. The van der Waals surface area contributed by atoms with Crippen LogP contribution in [0.25, 0.3) is 0 Å². The molecule has 0 aliphatic carbocycles. The molecule has 0 spiro atoms. The molecule has 1 aliphatic rings. The second-order valence-corrected chi connectivity index (χ2v) is 6.61. The van der Waals surface area contributed by atoms with Gasteiger partial charge in [-0.25, -0.2) is 0 Å². The Labute approximate surface area is 162 Å². The number of carbonyl (C=O) groups excluding carboxylic acids is 4. The second-order valence-electron chi connectivity index (χ2n) is 6.61. The van der Waals surface area contributed by atoms with Crippen LogP contribution in [0.3, 0.4) is 0 Å². The van der Waals surface area contributed by atoms with E-state index in [1.807, 2.05) is 6.92 Å². The number of carbonyl (C=O) groups is 4. The summed E-state index contributed by atoms with van der Waals surface area (Å²) in [5.74, 6) is -2.49. The Balaban J connectivity index is 1.51. The summed E-state index contributed by atoms with van der Waals surface area (Å²) in [6, 6.07) is 15.4. The molecule has 1 atom stereocenters. The molecular weight excluding hydrogens is 360 g/mol. The minimum atomic E-state index is -0.727. The van der Waals surface area contributed by atoms with E-state index in [0.29, 0.717) is 11.1 Å². The summed E-state index contributed by atoms with van der Waals surface area (Å²) in [5, 5.41) is 1.11. The van der Waals surface area contributed by atoms with E-state index in [2.05, 4.69) is 5.43 Å². The van der Waals surface area contributed by atoms with Crippen LogP contribution in [0.5, 0.6) is 0 Å². The molecule has 0 radical (unpaired) electrons. The van der Waals surface area contributed by atoms with Gasteiger partial charge in [0.25, 0.3) is 5.91 Å². The number of hydrogen-bond acceptors (Lipinski definition) is 5. The number of benzene rings is 2. The van der Waals surface area contributed by atoms with Crippen LogP contribution in [0.4, 0.5) is 0 Å². The maximum absolute atomic E-state index is 12.2. The van der Waals surface area contributed by atoms with Crippen molar-refractivity contribution in [1.82, 2.24) is 10.4 Å². The summed E-state index contributed by atoms with van der Waals surface area (Å²) >= 11 is 0. The second kappa shape index (κ2) is 8.47. The van der Waals surface area contributed by atoms with Gasteiger partial charge in [-0.2, -0.15) is 0 Å². The molecule has 1 unspecified atom stereocenters. The molecule has 28 heavy (non-hydrogen) atoms. The molecule has 2 aromatic rings. The maximum atomic E-state index is 12.2. The maximum Gasteiger partial charge on any atom is 0.311 e. The fourth-order valence-electron chi connectivity index (χ4n) is 2.83. The van der Waals surface area contributed by atoms with Gasteiger partial charge in [-0.3, -0.25) is 29.6 Å². The SMILES string of the molecule is Cc1ccc(C(=O)COC(=O)C2CC(=O)N(NC(=O)c3ccccc3)C2)cc1. The first-order chi connectivity index (χ1) is 13.4. The molecular formula is C21H20N2O5. The molecule has 0 bridgehead atoms. The third-order valence-electron chi connectivity index (χ3n) is 4.45. The number of nitrogens with zero attached hydrogens (tertiary/aromatic N) is 1. The van der Waals surface area contributed by atoms with Crippen LogP contribution >= 0.6 is 0 Å². The van der Waals surface area contributed by atoms with Gasteiger partial charge in [-0.15, -0.1) is 0 Å². The molecule has 1 heterocycles. The summed E-state index contributed by atoms with van der Waals surface area (Å²) in [5.41, 5.74) is 4.38. The molecule has 0 aromatic heterocycles. The molecule has 1 fully saturated rings. The summed E-state index contributed by atoms with van der Waals surface area (Å²) in [6.07, 6.45) is -0.0768. The molecule has 7 nitrogen and oxygen atoms in total. The van der Waals surface area contributed by atoms with Crippen LogP contribution in [-0.2, 0) is 14.3 Å². The van der Waals surface area contributed by atoms with Gasteiger partial charge >= 0.3 is 5.97 Å². The van der Waals surface area contributed by atoms with Crippen molar-refractivity contribution in [3.8, 4) is 0 Å². The largest absolute Gasteiger partial charge is 0.457 e. The molecule has 3 rings (SSSR count). The van der Waals surface area contributed by atoms with Crippen molar-refractivity contribution < 1.29 is 23.9 Å². The number of ether oxygens (including phenoxy) is 1. The summed E-state index contributed by atoms with van der Waals surface area (Å²) in [7, 11) is 0. The average Bonchev–Trinajstić information content (AvgIpc) is 3.07. The van der Waals surface area contributed by atoms with E-state index in [4.69, 9.17) is 4.74 Å². The summed E-state index contributed by atoms with van der Waals surface area (Å²) in [4.78, 5) is 48.5. The lowest BCUT2D eigenvalue weighted by Gasteiger charge is -2.17. The highest BCUT2D eigenvalue weighted by Crippen LogP contribution is 2.18. The van der Waals surface area contributed by atoms with E-state index in [1.165, 1.54) is 0 Å². The van der Waals surface area contributed by atoms with E-state index in [0.717, 1.165) is 10.6 Å². The molecule has 0 saturated carbocycles. The Morgan fingerprint density at radius 1 is 1.04 bits per heavy atom. The lowest BCUT2D eigenvalue weighted by molar-refractivity contribution is -0.147. The normalized spacial score (nSPS) is 16.0. The Kier molecular flexibility index (Phi) is 5.84. The molecule has 1 N–H and O–H groups in total. The minimum absolute atomic E-state index is 0.00889. The fraction of sp³-hybridized carbons (Fsp3) is 0.238. The first-order valence-corrected chi connectivity index (χ1v) is 8.87. The van der Waals surface area contributed by atoms with Crippen molar-refractivity contribution in [3.63, 3.8) is 0 Å². The number of hydrogen-bond donors (Lipinski definition) is 1. The van der Waals surface area contributed by atoms with Crippen molar-refractivity contribution in [2.24, 2.45) is 5.92 Å². The highest BCUT2D eigenvalue weighted by atomic mass is 16.5. The Hall–Kier alpha value is -3.48. The number of ketones is 1. The first-order valence-electron chi connectivity index (χ1n) is 8.87. The van der Waals surface area contributed by atoms with Crippen molar-refractivity contribution >= 4 is 23.6 Å². The highest BCUT2D eigenvalue weighted by molar-refractivity contribution is 5.99. The summed E-state index contributed by atoms with van der Waals surface area (Å²) in [6.45, 7) is 1.53. The highest BCUT2D eigenvalue weighted by Gasteiger charge is 2.36. The first kappa shape index (κ1) is 19.3. The average molecular weight is 380 g/mol. The minimum Gasteiger partial charge on any atom is -0.457 e. The van der Waals surface area contributed by atoms with Crippen molar-refractivity contribution in [1.29, 1.82) is 0 Å². The monoisotopic (exact) mass is 380 g/mol. The smallest absolute Gasteiger partial charge is 0.311 e. The zero-order valence-electron chi connectivity index (χ0n) is 15.4. The third kappa shape index (κ3) is 4.62. The predicted octanol–water partition coefficient (Wildman–Crippen LogP) is 1.91. The number of esters is 1. The van der Waals surface area contributed by atoms with E-state index < -0.39 is 17.8 Å². The standard InChI is InChI=1S/C21H20N2O5/c1-14-7-9-15(10-8-14)18(24)13-28-21(27)17-11-19(25)23(12-17)22-20(26)16-5-3-2-4-6-16/h2-10,17H,11-13H2,1H3,(H,22,26). The molecule has 144 valence electrons. The van der Waals surface area contributed by atoms with Crippen LogP contribution in [0.15, 0.2) is 54.6 Å². The zero-order valence-corrected chi connectivity index (χ0v) is 15.4. The molecule has 1 saturated heterocycles. The van der Waals surface area contributed by atoms with Crippen LogP contribution in [0, 0.1) is 12.8 Å². The van der Waals surface area contributed by atoms with Gasteiger partial charge in [0.1, 0.15) is 0 Å². The van der Waals surface area contributed by atoms with Crippen LogP contribution in [-0.4, -0.2) is 41.7 Å². The quantitative estimate of drug-likeness (QED) is 0.610. The number of hydrazine groups is 1. The molecule has 7 heteroatoms. The lowest BCUT2D eigenvalue weighted by atomic mass is 10.1. The Bertz CT molecular complexity index is 893. The fourth-order valence-corrected chi connectivity index (χ4v) is 2.83. The molecule has 2 aromatic carbocycles. The van der Waals surface area contributed by atoms with E-state index in [-0.39, 0.29) is 31.3 Å². The van der Waals surface area contributed by atoms with Crippen molar-refractivity contribution in [2.45, 2.75) is 13.3 Å². The van der Waals surface area contributed by atoms with Gasteiger partial charge in [0.05, 0.1) is 12.5 Å². The van der Waals surface area contributed by atoms with Crippen molar-refractivity contribution in [3.05, 3.63) is 71.3 Å². The van der Waals surface area contributed by atoms with Crippen LogP contribution < -0.4 is 5.43 Å². The van der Waals surface area contributed by atoms with Crippen molar-refractivity contribution in [2.75, 3.05) is 13.2 Å². The van der Waals surface area contributed by atoms with Crippen LogP contribution in [0.1, 0.15) is 32.7 Å².